The highest BCUT2D eigenvalue weighted by Crippen LogP contribution is 2.08. The summed E-state index contributed by atoms with van der Waals surface area (Å²) < 4.78 is 5.51. The van der Waals surface area contributed by atoms with Gasteiger partial charge in [0.2, 0.25) is 0 Å². The van der Waals surface area contributed by atoms with Crippen molar-refractivity contribution >= 4 is 17.6 Å². The summed E-state index contributed by atoms with van der Waals surface area (Å²) in [5, 5.41) is 7.21. The van der Waals surface area contributed by atoms with Crippen LogP contribution in [0.5, 0.6) is 0 Å². The van der Waals surface area contributed by atoms with Crippen LogP contribution in [0.2, 0.25) is 5.02 Å². The van der Waals surface area contributed by atoms with E-state index < -0.39 is 0 Å². The van der Waals surface area contributed by atoms with Crippen molar-refractivity contribution in [1.82, 2.24) is 10.6 Å². The fourth-order valence-corrected chi connectivity index (χ4v) is 1.70. The number of nitrogens with zero attached hydrogens (tertiary/aromatic N) is 1. The standard InChI is InChI=1S/C15H24ClN3O/c1-12(2)11-20-9-8-18-15(17-3)19-10-13-4-6-14(16)7-5-13/h4-7,12H,8-11H2,1-3H3,(H2,17,18,19). The lowest BCUT2D eigenvalue weighted by Gasteiger charge is -2.12. The summed E-state index contributed by atoms with van der Waals surface area (Å²) in [5.74, 6) is 1.34. The summed E-state index contributed by atoms with van der Waals surface area (Å²) in [6.07, 6.45) is 0. The summed E-state index contributed by atoms with van der Waals surface area (Å²) in [6.45, 7) is 7.20. The topological polar surface area (TPSA) is 45.7 Å². The largest absolute Gasteiger partial charge is 0.379 e. The van der Waals surface area contributed by atoms with Crippen LogP contribution in [0.1, 0.15) is 19.4 Å². The Morgan fingerprint density at radius 2 is 1.95 bits per heavy atom. The van der Waals surface area contributed by atoms with Crippen LogP contribution in [0, 0.1) is 5.92 Å². The van der Waals surface area contributed by atoms with E-state index >= 15 is 0 Å². The smallest absolute Gasteiger partial charge is 0.191 e. The van der Waals surface area contributed by atoms with Crippen LogP contribution in [-0.4, -0.2) is 32.8 Å². The predicted molar refractivity (Wildman–Crippen MR) is 85.3 cm³/mol. The molecular formula is C15H24ClN3O. The van der Waals surface area contributed by atoms with Crippen molar-refractivity contribution in [3.05, 3.63) is 34.9 Å². The van der Waals surface area contributed by atoms with Crippen LogP contribution in [0.15, 0.2) is 29.3 Å². The molecule has 0 aliphatic rings. The minimum absolute atomic E-state index is 0.567. The monoisotopic (exact) mass is 297 g/mol. The molecule has 1 rings (SSSR count). The van der Waals surface area contributed by atoms with Crippen LogP contribution in [-0.2, 0) is 11.3 Å². The first kappa shape index (κ1) is 16.8. The number of aliphatic imine (C=N–C) groups is 1. The molecule has 0 radical (unpaired) electrons. The van der Waals surface area contributed by atoms with Crippen LogP contribution < -0.4 is 10.6 Å². The first-order valence-electron chi connectivity index (χ1n) is 6.88. The molecule has 0 unspecified atom stereocenters. The maximum absolute atomic E-state index is 5.85. The highest BCUT2D eigenvalue weighted by molar-refractivity contribution is 6.30. The second kappa shape index (κ2) is 9.61. The van der Waals surface area contributed by atoms with Crippen LogP contribution in [0.25, 0.3) is 0 Å². The number of guanidine groups is 1. The van der Waals surface area contributed by atoms with Crippen molar-refractivity contribution in [2.45, 2.75) is 20.4 Å². The fourth-order valence-electron chi connectivity index (χ4n) is 1.57. The van der Waals surface area contributed by atoms with E-state index in [2.05, 4.69) is 29.5 Å². The number of ether oxygens (including phenoxy) is 1. The van der Waals surface area contributed by atoms with E-state index in [1.54, 1.807) is 7.05 Å². The Bertz CT molecular complexity index is 404. The summed E-state index contributed by atoms with van der Waals surface area (Å²) in [7, 11) is 1.76. The van der Waals surface area contributed by atoms with Gasteiger partial charge in [0.1, 0.15) is 0 Å². The van der Waals surface area contributed by atoms with Gasteiger partial charge in [-0.3, -0.25) is 4.99 Å². The second-order valence-electron chi connectivity index (χ2n) is 4.95. The maximum Gasteiger partial charge on any atom is 0.191 e. The lowest BCUT2D eigenvalue weighted by atomic mass is 10.2. The lowest BCUT2D eigenvalue weighted by molar-refractivity contribution is 0.114. The molecule has 0 amide bonds. The molecule has 0 bridgehead atoms. The van der Waals surface area contributed by atoms with Gasteiger partial charge in [-0.1, -0.05) is 37.6 Å². The molecule has 0 saturated carbocycles. The lowest BCUT2D eigenvalue weighted by Crippen LogP contribution is -2.38. The Labute approximate surface area is 126 Å². The molecule has 5 heteroatoms. The Morgan fingerprint density at radius 3 is 2.55 bits per heavy atom. The Morgan fingerprint density at radius 1 is 1.25 bits per heavy atom. The second-order valence-corrected chi connectivity index (χ2v) is 5.38. The van der Waals surface area contributed by atoms with E-state index in [0.717, 1.165) is 29.7 Å². The van der Waals surface area contributed by atoms with E-state index in [1.165, 1.54) is 0 Å². The Kier molecular flexibility index (Phi) is 8.07. The van der Waals surface area contributed by atoms with Crippen LogP contribution in [0.3, 0.4) is 0 Å². The molecule has 4 nitrogen and oxygen atoms in total. The molecule has 1 aromatic carbocycles. The van der Waals surface area contributed by atoms with Gasteiger partial charge in [-0.05, 0) is 23.6 Å². The van der Waals surface area contributed by atoms with Crippen molar-refractivity contribution in [2.75, 3.05) is 26.8 Å². The number of nitrogens with one attached hydrogen (secondary N) is 2. The molecular weight excluding hydrogens is 274 g/mol. The van der Waals surface area contributed by atoms with Gasteiger partial charge in [0, 0.05) is 31.8 Å². The van der Waals surface area contributed by atoms with Gasteiger partial charge in [-0.2, -0.15) is 0 Å². The fraction of sp³-hybridized carbons (Fsp3) is 0.533. The maximum atomic E-state index is 5.85. The molecule has 0 aromatic heterocycles. The summed E-state index contributed by atoms with van der Waals surface area (Å²) >= 11 is 5.85. The summed E-state index contributed by atoms with van der Waals surface area (Å²) in [5.41, 5.74) is 1.16. The summed E-state index contributed by atoms with van der Waals surface area (Å²) in [4.78, 5) is 4.17. The average Bonchev–Trinajstić information content (AvgIpc) is 2.43. The number of hydrogen-bond donors (Lipinski definition) is 2. The number of hydrogen-bond acceptors (Lipinski definition) is 2. The zero-order chi connectivity index (χ0) is 14.8. The van der Waals surface area contributed by atoms with E-state index in [-0.39, 0.29) is 0 Å². The number of halogens is 1. The Balaban J connectivity index is 2.21. The third-order valence-electron chi connectivity index (χ3n) is 2.59. The molecule has 0 saturated heterocycles. The van der Waals surface area contributed by atoms with Crippen molar-refractivity contribution in [3.63, 3.8) is 0 Å². The van der Waals surface area contributed by atoms with E-state index in [9.17, 15) is 0 Å². The highest BCUT2D eigenvalue weighted by Gasteiger charge is 1.99. The van der Waals surface area contributed by atoms with E-state index in [4.69, 9.17) is 16.3 Å². The summed E-state index contributed by atoms with van der Waals surface area (Å²) in [6, 6.07) is 7.76. The van der Waals surface area contributed by atoms with E-state index in [0.29, 0.717) is 19.1 Å². The van der Waals surface area contributed by atoms with Gasteiger partial charge in [0.05, 0.1) is 6.61 Å². The average molecular weight is 298 g/mol. The molecule has 112 valence electrons. The third kappa shape index (κ3) is 7.36. The minimum Gasteiger partial charge on any atom is -0.379 e. The quantitative estimate of drug-likeness (QED) is 0.462. The van der Waals surface area contributed by atoms with Crippen molar-refractivity contribution < 1.29 is 4.74 Å². The molecule has 0 aliphatic heterocycles. The van der Waals surface area contributed by atoms with Gasteiger partial charge in [0.15, 0.2) is 5.96 Å². The molecule has 0 spiro atoms. The number of rotatable bonds is 7. The zero-order valence-electron chi connectivity index (χ0n) is 12.4. The predicted octanol–water partition coefficient (Wildman–Crippen LogP) is 2.68. The van der Waals surface area contributed by atoms with E-state index in [1.807, 2.05) is 24.3 Å². The molecule has 2 N–H and O–H groups in total. The molecule has 20 heavy (non-hydrogen) atoms. The highest BCUT2D eigenvalue weighted by atomic mass is 35.5. The number of benzene rings is 1. The van der Waals surface area contributed by atoms with Gasteiger partial charge in [0.25, 0.3) is 0 Å². The van der Waals surface area contributed by atoms with Crippen molar-refractivity contribution in [1.29, 1.82) is 0 Å². The van der Waals surface area contributed by atoms with Crippen molar-refractivity contribution in [2.24, 2.45) is 10.9 Å². The van der Waals surface area contributed by atoms with Gasteiger partial charge < -0.3 is 15.4 Å². The van der Waals surface area contributed by atoms with Gasteiger partial charge in [-0.15, -0.1) is 0 Å². The zero-order valence-corrected chi connectivity index (χ0v) is 13.2. The molecule has 0 aliphatic carbocycles. The molecule has 0 fully saturated rings. The first-order chi connectivity index (χ1) is 9.61. The van der Waals surface area contributed by atoms with Crippen LogP contribution in [0.4, 0.5) is 0 Å². The minimum atomic E-state index is 0.567. The molecule has 0 heterocycles. The molecule has 0 atom stereocenters. The van der Waals surface area contributed by atoms with Crippen LogP contribution >= 0.6 is 11.6 Å². The third-order valence-corrected chi connectivity index (χ3v) is 2.84. The van der Waals surface area contributed by atoms with Gasteiger partial charge >= 0.3 is 0 Å². The SMILES string of the molecule is CN=C(NCCOCC(C)C)NCc1ccc(Cl)cc1. The molecule has 1 aromatic rings. The normalized spacial score (nSPS) is 11.8. The van der Waals surface area contributed by atoms with Gasteiger partial charge in [-0.25, -0.2) is 0 Å². The first-order valence-corrected chi connectivity index (χ1v) is 7.26. The Hall–Kier alpha value is -1.26. The van der Waals surface area contributed by atoms with Crippen molar-refractivity contribution in [3.8, 4) is 0 Å².